The van der Waals surface area contributed by atoms with E-state index < -0.39 is 0 Å². The van der Waals surface area contributed by atoms with Gasteiger partial charge in [-0.25, -0.2) is 4.68 Å². The van der Waals surface area contributed by atoms with Crippen molar-refractivity contribution in [2.24, 2.45) is 5.92 Å². The third-order valence-corrected chi connectivity index (χ3v) is 4.13. The third kappa shape index (κ3) is 2.97. The van der Waals surface area contributed by atoms with E-state index in [0.717, 1.165) is 25.3 Å². The van der Waals surface area contributed by atoms with Crippen molar-refractivity contribution in [3.8, 4) is 0 Å². The minimum absolute atomic E-state index is 0.178. The Morgan fingerprint density at radius 3 is 2.86 bits per heavy atom. The molecule has 5 heteroatoms. The van der Waals surface area contributed by atoms with Gasteiger partial charge in [-0.15, -0.1) is 5.10 Å². The lowest BCUT2D eigenvalue weighted by Gasteiger charge is -2.30. The average molecular weight is 285 g/mol. The zero-order valence-corrected chi connectivity index (χ0v) is 13.0. The molecule has 0 amide bonds. The van der Waals surface area contributed by atoms with E-state index >= 15 is 0 Å². The van der Waals surface area contributed by atoms with E-state index in [1.807, 2.05) is 4.68 Å². The molecule has 3 rings (SSSR count). The van der Waals surface area contributed by atoms with Gasteiger partial charge in [-0.1, -0.05) is 38.1 Å². The number of hydrogen-bond donors (Lipinski definition) is 1. The molecule has 5 nitrogen and oxygen atoms in total. The number of fused-ring (bicyclic) bond motifs is 1. The van der Waals surface area contributed by atoms with E-state index in [4.69, 9.17) is 0 Å². The summed E-state index contributed by atoms with van der Waals surface area (Å²) in [5, 5.41) is 15.7. The van der Waals surface area contributed by atoms with Crippen LogP contribution in [0.25, 0.3) is 0 Å². The number of nitrogens with one attached hydrogen (secondary N) is 1. The molecule has 1 aromatic heterocycles. The summed E-state index contributed by atoms with van der Waals surface area (Å²) in [6, 6.07) is 8.82. The Kier molecular flexibility index (Phi) is 4.01. The first-order chi connectivity index (χ1) is 10.1. The average Bonchev–Trinajstić information content (AvgIpc) is 2.90. The van der Waals surface area contributed by atoms with Gasteiger partial charge in [-0.2, -0.15) is 0 Å². The maximum atomic E-state index is 4.20. The molecule has 0 radical (unpaired) electrons. The van der Waals surface area contributed by atoms with Crippen molar-refractivity contribution >= 4 is 0 Å². The van der Waals surface area contributed by atoms with E-state index in [9.17, 15) is 0 Å². The molecule has 0 fully saturated rings. The highest BCUT2D eigenvalue weighted by molar-refractivity contribution is 5.39. The molecule has 0 aliphatic heterocycles. The fraction of sp³-hybridized carbons (Fsp3) is 0.562. The van der Waals surface area contributed by atoms with Gasteiger partial charge in [0.1, 0.15) is 0 Å². The Morgan fingerprint density at radius 2 is 2.10 bits per heavy atom. The predicted octanol–water partition coefficient (Wildman–Crippen LogP) is 2.32. The Bertz CT molecular complexity index is 604. The summed E-state index contributed by atoms with van der Waals surface area (Å²) < 4.78 is 1.96. The van der Waals surface area contributed by atoms with Crippen molar-refractivity contribution in [1.82, 2.24) is 25.5 Å². The number of hydrogen-bond acceptors (Lipinski definition) is 4. The molecule has 2 atom stereocenters. The number of rotatable bonds is 6. The number of nitrogens with zero attached hydrogens (tertiary/aromatic N) is 4. The van der Waals surface area contributed by atoms with E-state index in [1.54, 1.807) is 0 Å². The van der Waals surface area contributed by atoms with Crippen LogP contribution in [0.5, 0.6) is 0 Å². The largest absolute Gasteiger partial charge is 0.307 e. The second kappa shape index (κ2) is 5.93. The smallest absolute Gasteiger partial charge is 0.167 e. The van der Waals surface area contributed by atoms with E-state index in [-0.39, 0.29) is 6.04 Å². The first kappa shape index (κ1) is 14.2. The highest BCUT2D eigenvalue weighted by Crippen LogP contribution is 2.36. The van der Waals surface area contributed by atoms with Crippen LogP contribution in [0.15, 0.2) is 24.3 Å². The van der Waals surface area contributed by atoms with Crippen LogP contribution in [0.1, 0.15) is 49.7 Å². The summed E-state index contributed by atoms with van der Waals surface area (Å²) in [4.78, 5) is 0. The van der Waals surface area contributed by atoms with E-state index in [0.29, 0.717) is 11.8 Å². The van der Waals surface area contributed by atoms with Gasteiger partial charge < -0.3 is 5.32 Å². The van der Waals surface area contributed by atoms with Gasteiger partial charge in [0.25, 0.3) is 0 Å². The number of benzene rings is 1. The second-order valence-corrected chi connectivity index (χ2v) is 6.34. The van der Waals surface area contributed by atoms with Crippen LogP contribution >= 0.6 is 0 Å². The summed E-state index contributed by atoms with van der Waals surface area (Å²) >= 11 is 0. The molecule has 1 aliphatic carbocycles. The maximum Gasteiger partial charge on any atom is 0.167 e. The van der Waals surface area contributed by atoms with Gasteiger partial charge in [-0.3, -0.25) is 0 Å². The van der Waals surface area contributed by atoms with Crippen LogP contribution in [0.4, 0.5) is 0 Å². The summed E-state index contributed by atoms with van der Waals surface area (Å²) in [6.07, 6.45) is 1.13. The second-order valence-electron chi connectivity index (χ2n) is 6.34. The number of tetrazole rings is 1. The summed E-state index contributed by atoms with van der Waals surface area (Å²) in [7, 11) is 0. The van der Waals surface area contributed by atoms with Gasteiger partial charge in [0, 0.05) is 5.92 Å². The minimum Gasteiger partial charge on any atom is -0.307 e. The summed E-state index contributed by atoms with van der Waals surface area (Å²) in [5.41, 5.74) is 2.91. The zero-order chi connectivity index (χ0) is 14.8. The van der Waals surface area contributed by atoms with E-state index in [1.165, 1.54) is 11.1 Å². The molecule has 1 aromatic carbocycles. The van der Waals surface area contributed by atoms with Crippen LogP contribution in [0.3, 0.4) is 0 Å². The normalized spacial score (nSPS) is 18.4. The SMILES string of the molecule is CC(C)CNC(C)c1nnnn1CC1Cc2ccccc21. The molecule has 0 bridgehead atoms. The van der Waals surface area contributed by atoms with Crippen molar-refractivity contribution < 1.29 is 0 Å². The summed E-state index contributed by atoms with van der Waals surface area (Å²) in [6.45, 7) is 8.37. The summed E-state index contributed by atoms with van der Waals surface area (Å²) in [5.74, 6) is 2.09. The van der Waals surface area contributed by atoms with Crippen LogP contribution in [-0.2, 0) is 13.0 Å². The van der Waals surface area contributed by atoms with Crippen LogP contribution in [0.2, 0.25) is 0 Å². The molecular weight excluding hydrogens is 262 g/mol. The molecule has 0 saturated carbocycles. The monoisotopic (exact) mass is 285 g/mol. The van der Waals surface area contributed by atoms with Gasteiger partial charge in [0.05, 0.1) is 12.6 Å². The minimum atomic E-state index is 0.178. The zero-order valence-electron chi connectivity index (χ0n) is 13.0. The van der Waals surface area contributed by atoms with Crippen LogP contribution in [-0.4, -0.2) is 26.8 Å². The van der Waals surface area contributed by atoms with Gasteiger partial charge in [0.15, 0.2) is 5.82 Å². The standard InChI is InChI=1S/C16H23N5/c1-11(2)9-17-12(3)16-18-19-20-21(16)10-14-8-13-6-4-5-7-15(13)14/h4-7,11-12,14,17H,8-10H2,1-3H3. The number of aromatic nitrogens is 4. The van der Waals surface area contributed by atoms with Gasteiger partial charge in [0.2, 0.25) is 0 Å². The van der Waals surface area contributed by atoms with E-state index in [2.05, 4.69) is 65.9 Å². The van der Waals surface area contributed by atoms with Crippen molar-refractivity contribution in [2.75, 3.05) is 6.54 Å². The first-order valence-electron chi connectivity index (χ1n) is 7.72. The molecule has 21 heavy (non-hydrogen) atoms. The Hall–Kier alpha value is -1.75. The molecule has 2 aromatic rings. The molecule has 0 saturated heterocycles. The topological polar surface area (TPSA) is 55.6 Å². The Morgan fingerprint density at radius 1 is 1.29 bits per heavy atom. The van der Waals surface area contributed by atoms with Crippen molar-refractivity contribution in [3.63, 3.8) is 0 Å². The Labute approximate surface area is 125 Å². The molecule has 2 unspecified atom stereocenters. The highest BCUT2D eigenvalue weighted by atomic mass is 15.5. The predicted molar refractivity (Wildman–Crippen MR) is 82.0 cm³/mol. The molecule has 1 heterocycles. The maximum absolute atomic E-state index is 4.20. The molecule has 0 spiro atoms. The molecule has 1 N–H and O–H groups in total. The molecule has 112 valence electrons. The lowest BCUT2D eigenvalue weighted by molar-refractivity contribution is 0.417. The Balaban J connectivity index is 1.67. The highest BCUT2D eigenvalue weighted by Gasteiger charge is 2.27. The van der Waals surface area contributed by atoms with Crippen molar-refractivity contribution in [3.05, 3.63) is 41.2 Å². The lowest BCUT2D eigenvalue weighted by atomic mass is 9.77. The first-order valence-corrected chi connectivity index (χ1v) is 7.72. The van der Waals surface area contributed by atoms with Crippen LogP contribution < -0.4 is 5.32 Å². The van der Waals surface area contributed by atoms with Crippen molar-refractivity contribution in [2.45, 2.75) is 45.7 Å². The fourth-order valence-corrected chi connectivity index (χ4v) is 2.89. The van der Waals surface area contributed by atoms with Gasteiger partial charge in [-0.05, 0) is 47.4 Å². The van der Waals surface area contributed by atoms with Gasteiger partial charge >= 0.3 is 0 Å². The molecule has 1 aliphatic rings. The fourth-order valence-electron chi connectivity index (χ4n) is 2.89. The third-order valence-electron chi connectivity index (χ3n) is 4.13. The van der Waals surface area contributed by atoms with Crippen molar-refractivity contribution in [1.29, 1.82) is 0 Å². The van der Waals surface area contributed by atoms with Crippen LogP contribution in [0, 0.1) is 5.92 Å². The quantitative estimate of drug-likeness (QED) is 0.885. The molecular formula is C16H23N5. The lowest BCUT2D eigenvalue weighted by Crippen LogP contribution is -2.28.